The molecule has 3 heteroatoms. The monoisotopic (exact) mass is 223 g/mol. The Morgan fingerprint density at radius 1 is 1.27 bits per heavy atom. The third-order valence-corrected chi connectivity index (χ3v) is 3.78. The molecule has 2 aliphatic heterocycles. The van der Waals surface area contributed by atoms with E-state index >= 15 is 0 Å². The molecular weight excluding hydrogens is 210 g/mol. The molecule has 0 saturated carbocycles. The van der Waals surface area contributed by atoms with Gasteiger partial charge in [-0.25, -0.2) is 0 Å². The Bertz CT molecular complexity index is 385. The second kappa shape index (κ2) is 3.39. The number of fused-ring (bicyclic) bond motifs is 1. The molecule has 2 heterocycles. The van der Waals surface area contributed by atoms with Crippen molar-refractivity contribution in [1.82, 2.24) is 0 Å². The topological polar surface area (TPSA) is 21.3 Å². The molecule has 80 valence electrons. The number of hydrogen-bond donors (Lipinski definition) is 1. The highest BCUT2D eigenvalue weighted by atomic mass is 35.5. The minimum Gasteiger partial charge on any atom is -0.381 e. The molecule has 1 spiro atoms. The van der Waals surface area contributed by atoms with Crippen molar-refractivity contribution in [3.8, 4) is 0 Å². The smallest absolute Gasteiger partial charge is 0.0640 e. The lowest BCUT2D eigenvalue weighted by molar-refractivity contribution is 0.0624. The highest BCUT2D eigenvalue weighted by Crippen LogP contribution is 2.41. The van der Waals surface area contributed by atoms with Crippen LogP contribution in [0.25, 0.3) is 0 Å². The summed E-state index contributed by atoms with van der Waals surface area (Å²) in [5, 5.41) is 4.45. The number of benzene rings is 1. The molecule has 3 rings (SSSR count). The van der Waals surface area contributed by atoms with Gasteiger partial charge in [0.05, 0.1) is 10.7 Å². The standard InChI is InChI=1S/C12H14ClNO/c13-10-3-1-2-9-8-12(14-11(9)10)4-6-15-7-5-12/h1-3,14H,4-8H2. The van der Waals surface area contributed by atoms with Gasteiger partial charge in [0.1, 0.15) is 0 Å². The number of rotatable bonds is 0. The Balaban J connectivity index is 1.94. The zero-order valence-electron chi connectivity index (χ0n) is 8.55. The highest BCUT2D eigenvalue weighted by molar-refractivity contribution is 6.33. The van der Waals surface area contributed by atoms with E-state index in [4.69, 9.17) is 16.3 Å². The van der Waals surface area contributed by atoms with Crippen molar-refractivity contribution in [1.29, 1.82) is 0 Å². The minimum atomic E-state index is 0.214. The van der Waals surface area contributed by atoms with Gasteiger partial charge in [0.15, 0.2) is 0 Å². The zero-order chi connectivity index (χ0) is 10.3. The third kappa shape index (κ3) is 1.52. The van der Waals surface area contributed by atoms with E-state index in [-0.39, 0.29) is 5.54 Å². The molecular formula is C12H14ClNO. The summed E-state index contributed by atoms with van der Waals surface area (Å²) < 4.78 is 5.41. The highest BCUT2D eigenvalue weighted by Gasteiger charge is 2.38. The predicted octanol–water partition coefficient (Wildman–Crippen LogP) is 2.86. The first-order chi connectivity index (χ1) is 7.29. The van der Waals surface area contributed by atoms with Crippen LogP contribution in [0, 0.1) is 0 Å². The van der Waals surface area contributed by atoms with Crippen molar-refractivity contribution in [3.05, 3.63) is 28.8 Å². The molecule has 0 amide bonds. The van der Waals surface area contributed by atoms with E-state index < -0.39 is 0 Å². The summed E-state index contributed by atoms with van der Waals surface area (Å²) in [6, 6.07) is 6.14. The lowest BCUT2D eigenvalue weighted by atomic mass is 9.87. The minimum absolute atomic E-state index is 0.214. The molecule has 1 N–H and O–H groups in total. The molecule has 0 bridgehead atoms. The largest absolute Gasteiger partial charge is 0.381 e. The fraction of sp³-hybridized carbons (Fsp3) is 0.500. The first-order valence-electron chi connectivity index (χ1n) is 5.42. The van der Waals surface area contributed by atoms with Crippen LogP contribution >= 0.6 is 11.6 Å². The first kappa shape index (κ1) is 9.49. The Kier molecular flexibility index (Phi) is 2.15. The van der Waals surface area contributed by atoms with Gasteiger partial charge in [-0.2, -0.15) is 0 Å². The fourth-order valence-electron chi connectivity index (χ4n) is 2.59. The number of nitrogens with one attached hydrogen (secondary N) is 1. The molecule has 1 fully saturated rings. The van der Waals surface area contributed by atoms with Crippen LogP contribution in [0.3, 0.4) is 0 Å². The number of halogens is 1. The lowest BCUT2D eigenvalue weighted by Crippen LogP contribution is -2.41. The first-order valence-corrected chi connectivity index (χ1v) is 5.80. The van der Waals surface area contributed by atoms with E-state index in [1.165, 1.54) is 5.56 Å². The van der Waals surface area contributed by atoms with Crippen LogP contribution in [0.15, 0.2) is 18.2 Å². The predicted molar refractivity (Wildman–Crippen MR) is 61.6 cm³/mol. The summed E-state index contributed by atoms with van der Waals surface area (Å²) in [7, 11) is 0. The van der Waals surface area contributed by atoms with E-state index in [1.807, 2.05) is 12.1 Å². The van der Waals surface area contributed by atoms with Crippen molar-refractivity contribution in [2.75, 3.05) is 18.5 Å². The van der Waals surface area contributed by atoms with Crippen LogP contribution in [-0.2, 0) is 11.2 Å². The van der Waals surface area contributed by atoms with Crippen LogP contribution in [0.4, 0.5) is 5.69 Å². The molecule has 0 atom stereocenters. The Morgan fingerprint density at radius 3 is 2.80 bits per heavy atom. The van der Waals surface area contributed by atoms with Crippen LogP contribution in [-0.4, -0.2) is 18.8 Å². The summed E-state index contributed by atoms with van der Waals surface area (Å²) in [6.07, 6.45) is 3.25. The number of anilines is 1. The molecule has 0 aromatic heterocycles. The maximum absolute atomic E-state index is 6.18. The van der Waals surface area contributed by atoms with Crippen LogP contribution in [0.5, 0.6) is 0 Å². The maximum Gasteiger partial charge on any atom is 0.0640 e. The van der Waals surface area contributed by atoms with Gasteiger partial charge >= 0.3 is 0 Å². The average Bonchev–Trinajstić information content (AvgIpc) is 2.59. The van der Waals surface area contributed by atoms with Crippen molar-refractivity contribution >= 4 is 17.3 Å². The molecule has 0 aliphatic carbocycles. The SMILES string of the molecule is Clc1cccc2c1NC1(CCOCC1)C2. The Morgan fingerprint density at radius 2 is 2.07 bits per heavy atom. The van der Waals surface area contributed by atoms with Crippen LogP contribution in [0.2, 0.25) is 5.02 Å². The van der Waals surface area contributed by atoms with E-state index in [2.05, 4.69) is 11.4 Å². The van der Waals surface area contributed by atoms with Crippen LogP contribution in [0.1, 0.15) is 18.4 Å². The molecule has 1 aromatic rings. The molecule has 2 aliphatic rings. The van der Waals surface area contributed by atoms with E-state index in [9.17, 15) is 0 Å². The van der Waals surface area contributed by atoms with E-state index in [0.717, 1.165) is 43.2 Å². The van der Waals surface area contributed by atoms with Crippen molar-refractivity contribution in [3.63, 3.8) is 0 Å². The van der Waals surface area contributed by atoms with Gasteiger partial charge < -0.3 is 10.1 Å². The molecule has 0 radical (unpaired) electrons. The second-order valence-corrected chi connectivity index (χ2v) is 4.88. The molecule has 15 heavy (non-hydrogen) atoms. The molecule has 0 unspecified atom stereocenters. The summed E-state index contributed by atoms with van der Waals surface area (Å²) in [6.45, 7) is 1.72. The van der Waals surface area contributed by atoms with Crippen LogP contribution < -0.4 is 5.32 Å². The van der Waals surface area contributed by atoms with Gasteiger partial charge in [-0.15, -0.1) is 0 Å². The third-order valence-electron chi connectivity index (χ3n) is 3.47. The molecule has 1 saturated heterocycles. The van der Waals surface area contributed by atoms with E-state index in [1.54, 1.807) is 0 Å². The molecule has 1 aromatic carbocycles. The van der Waals surface area contributed by atoms with Gasteiger partial charge in [-0.3, -0.25) is 0 Å². The summed E-state index contributed by atoms with van der Waals surface area (Å²) in [4.78, 5) is 0. The Labute approximate surface area is 94.6 Å². The lowest BCUT2D eigenvalue weighted by Gasteiger charge is -2.34. The summed E-state index contributed by atoms with van der Waals surface area (Å²) in [5.74, 6) is 0. The fourth-order valence-corrected chi connectivity index (χ4v) is 2.84. The van der Waals surface area contributed by atoms with E-state index in [0.29, 0.717) is 0 Å². The quantitative estimate of drug-likeness (QED) is 0.730. The second-order valence-electron chi connectivity index (χ2n) is 4.47. The zero-order valence-corrected chi connectivity index (χ0v) is 9.31. The average molecular weight is 224 g/mol. The maximum atomic E-state index is 6.18. The molecule has 2 nitrogen and oxygen atoms in total. The van der Waals surface area contributed by atoms with Crippen molar-refractivity contribution < 1.29 is 4.74 Å². The number of hydrogen-bond acceptors (Lipinski definition) is 2. The van der Waals surface area contributed by atoms with Crippen molar-refractivity contribution in [2.24, 2.45) is 0 Å². The van der Waals surface area contributed by atoms with Gasteiger partial charge in [-0.05, 0) is 30.9 Å². The summed E-state index contributed by atoms with van der Waals surface area (Å²) >= 11 is 6.18. The van der Waals surface area contributed by atoms with Crippen molar-refractivity contribution in [2.45, 2.75) is 24.8 Å². The van der Waals surface area contributed by atoms with Gasteiger partial charge in [0.25, 0.3) is 0 Å². The van der Waals surface area contributed by atoms with Gasteiger partial charge in [0.2, 0.25) is 0 Å². The van der Waals surface area contributed by atoms with Gasteiger partial charge in [-0.1, -0.05) is 23.7 Å². The normalized spacial score (nSPS) is 22.5. The Hall–Kier alpha value is -0.730. The summed E-state index contributed by atoms with van der Waals surface area (Å²) in [5.41, 5.74) is 2.71. The number of ether oxygens (including phenoxy) is 1. The van der Waals surface area contributed by atoms with Gasteiger partial charge in [0, 0.05) is 18.8 Å². The number of para-hydroxylation sites is 1.